The van der Waals surface area contributed by atoms with Crippen molar-refractivity contribution in [3.63, 3.8) is 0 Å². The molecule has 1 aliphatic heterocycles. The molecule has 8 nitrogen and oxygen atoms in total. The number of hydrogen-bond donors (Lipinski definition) is 2. The van der Waals surface area contributed by atoms with Gasteiger partial charge in [-0.15, -0.1) is 0 Å². The van der Waals surface area contributed by atoms with Crippen molar-refractivity contribution < 1.29 is 34.0 Å². The normalized spacial score (nSPS) is 16.6. The Balaban J connectivity index is 1.99. The summed E-state index contributed by atoms with van der Waals surface area (Å²) in [5.74, 6) is -1.22. The number of halogens is 1. The number of rotatable bonds is 8. The topological polar surface area (TPSA) is 106 Å². The number of nitrogens with zero attached hydrogens (tertiary/aromatic N) is 1. The summed E-state index contributed by atoms with van der Waals surface area (Å²) in [6.45, 7) is 6.11. The molecule has 1 fully saturated rings. The van der Waals surface area contributed by atoms with Gasteiger partial charge in [-0.1, -0.05) is 23.7 Å². The van der Waals surface area contributed by atoms with Gasteiger partial charge in [0.15, 0.2) is 11.5 Å². The third kappa shape index (κ3) is 4.87. The molecule has 9 heteroatoms. The maximum absolute atomic E-state index is 13.5. The van der Waals surface area contributed by atoms with E-state index >= 15 is 0 Å². The summed E-state index contributed by atoms with van der Waals surface area (Å²) in [6.07, 6.45) is 0. The van der Waals surface area contributed by atoms with Crippen molar-refractivity contribution in [3.8, 4) is 23.0 Å². The summed E-state index contributed by atoms with van der Waals surface area (Å²) in [5.41, 5.74) is 1.45. The predicted molar refractivity (Wildman–Crippen MR) is 144 cm³/mol. The molecule has 1 atom stereocenters. The highest BCUT2D eigenvalue weighted by atomic mass is 35.5. The lowest BCUT2D eigenvalue weighted by Gasteiger charge is -2.27. The standard InChI is InChI=1S/C29H28ClNO7/c1-5-37-23-15-18(8-10-19(23)30)27(33)25-26(17-9-12-22(36-4)24(14-17)38-6-2)31(29(35)28(25)34)20-13-16(3)7-11-21(20)32/h7-15,26,32-33H,5-6H2,1-4H3/b27-25-. The molecular formula is C29H28ClNO7. The first-order valence-corrected chi connectivity index (χ1v) is 12.4. The van der Waals surface area contributed by atoms with Gasteiger partial charge in [0, 0.05) is 5.56 Å². The lowest BCUT2D eigenvalue weighted by Crippen LogP contribution is -2.29. The molecule has 3 aromatic carbocycles. The fraction of sp³-hybridized carbons (Fsp3) is 0.241. The van der Waals surface area contributed by atoms with E-state index in [9.17, 15) is 19.8 Å². The van der Waals surface area contributed by atoms with Crippen LogP contribution in [0.3, 0.4) is 0 Å². The average molecular weight is 538 g/mol. The predicted octanol–water partition coefficient (Wildman–Crippen LogP) is 5.79. The second kappa shape index (κ2) is 11.1. The van der Waals surface area contributed by atoms with E-state index in [1.165, 1.54) is 30.2 Å². The monoisotopic (exact) mass is 537 g/mol. The Morgan fingerprint density at radius 1 is 0.947 bits per heavy atom. The van der Waals surface area contributed by atoms with Crippen molar-refractivity contribution >= 4 is 34.7 Å². The fourth-order valence-electron chi connectivity index (χ4n) is 4.43. The first kappa shape index (κ1) is 26.9. The Morgan fingerprint density at radius 3 is 2.34 bits per heavy atom. The van der Waals surface area contributed by atoms with Crippen LogP contribution in [0.4, 0.5) is 5.69 Å². The SMILES string of the molecule is CCOc1cc(/C(O)=C2/C(=O)C(=O)N(c3cc(C)ccc3O)C2c2ccc(OC)c(OCC)c2)ccc1Cl. The van der Waals surface area contributed by atoms with Gasteiger partial charge in [-0.05, 0) is 74.4 Å². The smallest absolute Gasteiger partial charge is 0.300 e. The van der Waals surface area contributed by atoms with Crippen molar-refractivity contribution in [1.29, 1.82) is 0 Å². The van der Waals surface area contributed by atoms with Crippen LogP contribution in [0.25, 0.3) is 5.76 Å². The van der Waals surface area contributed by atoms with E-state index < -0.39 is 23.5 Å². The quantitative estimate of drug-likeness (QED) is 0.213. The van der Waals surface area contributed by atoms with Gasteiger partial charge in [0.05, 0.1) is 42.6 Å². The molecule has 0 spiro atoms. The molecule has 1 amide bonds. The van der Waals surface area contributed by atoms with Crippen LogP contribution < -0.4 is 19.1 Å². The molecule has 3 aromatic rings. The zero-order valence-corrected chi connectivity index (χ0v) is 22.2. The molecule has 1 aliphatic rings. The summed E-state index contributed by atoms with van der Waals surface area (Å²) < 4.78 is 16.7. The number of hydrogen-bond acceptors (Lipinski definition) is 7. The number of ether oxygens (including phenoxy) is 3. The second-order valence-corrected chi connectivity index (χ2v) is 8.99. The Labute approximate surface area is 225 Å². The van der Waals surface area contributed by atoms with Crippen LogP contribution in [-0.2, 0) is 9.59 Å². The maximum Gasteiger partial charge on any atom is 0.300 e. The van der Waals surface area contributed by atoms with Gasteiger partial charge in [-0.25, -0.2) is 0 Å². The van der Waals surface area contributed by atoms with Crippen molar-refractivity contribution in [3.05, 3.63) is 81.9 Å². The number of anilines is 1. The first-order chi connectivity index (χ1) is 18.2. The van der Waals surface area contributed by atoms with Crippen molar-refractivity contribution in [1.82, 2.24) is 0 Å². The number of phenolic OH excluding ortho intramolecular Hbond substituents is 1. The molecule has 0 saturated carbocycles. The second-order valence-electron chi connectivity index (χ2n) is 8.58. The first-order valence-electron chi connectivity index (χ1n) is 12.1. The Kier molecular flexibility index (Phi) is 7.83. The number of aromatic hydroxyl groups is 1. The number of benzene rings is 3. The molecule has 38 heavy (non-hydrogen) atoms. The molecule has 1 unspecified atom stereocenters. The number of aliphatic hydroxyl groups is 1. The third-order valence-corrected chi connectivity index (χ3v) is 6.45. The lowest BCUT2D eigenvalue weighted by molar-refractivity contribution is -0.132. The van der Waals surface area contributed by atoms with E-state index in [0.29, 0.717) is 41.0 Å². The summed E-state index contributed by atoms with van der Waals surface area (Å²) in [6, 6.07) is 13.2. The van der Waals surface area contributed by atoms with Crippen LogP contribution >= 0.6 is 11.6 Å². The molecule has 4 rings (SSSR count). The van der Waals surface area contributed by atoms with Crippen LogP contribution in [0.5, 0.6) is 23.0 Å². The van der Waals surface area contributed by atoms with Gasteiger partial charge < -0.3 is 24.4 Å². The number of carbonyl (C=O) groups is 2. The molecule has 0 bridgehead atoms. The minimum atomic E-state index is -1.08. The van der Waals surface area contributed by atoms with E-state index in [1.807, 2.05) is 6.92 Å². The molecule has 198 valence electrons. The number of Topliss-reactive ketones (excluding diaryl/α,β-unsaturated/α-hetero) is 1. The van der Waals surface area contributed by atoms with Crippen LogP contribution in [0, 0.1) is 6.92 Å². The largest absolute Gasteiger partial charge is 0.507 e. The third-order valence-electron chi connectivity index (χ3n) is 6.14. The van der Waals surface area contributed by atoms with Crippen LogP contribution in [0.15, 0.2) is 60.2 Å². The van der Waals surface area contributed by atoms with Gasteiger partial charge in [0.1, 0.15) is 17.3 Å². The minimum absolute atomic E-state index is 0.135. The van der Waals surface area contributed by atoms with Crippen molar-refractivity contribution in [2.24, 2.45) is 0 Å². The fourth-order valence-corrected chi connectivity index (χ4v) is 4.60. The van der Waals surface area contributed by atoms with E-state index in [4.69, 9.17) is 25.8 Å². The average Bonchev–Trinajstić information content (AvgIpc) is 3.16. The van der Waals surface area contributed by atoms with Gasteiger partial charge in [0.2, 0.25) is 0 Å². The van der Waals surface area contributed by atoms with Gasteiger partial charge in [0.25, 0.3) is 11.7 Å². The van der Waals surface area contributed by atoms with E-state index in [-0.39, 0.29) is 22.6 Å². The number of methoxy groups -OCH3 is 1. The number of ketones is 1. The van der Waals surface area contributed by atoms with Crippen LogP contribution in [-0.4, -0.2) is 42.2 Å². The Morgan fingerprint density at radius 2 is 1.66 bits per heavy atom. The van der Waals surface area contributed by atoms with Crippen LogP contribution in [0.1, 0.15) is 36.6 Å². The van der Waals surface area contributed by atoms with Crippen molar-refractivity contribution in [2.45, 2.75) is 26.8 Å². The summed E-state index contributed by atoms with van der Waals surface area (Å²) >= 11 is 6.22. The minimum Gasteiger partial charge on any atom is -0.507 e. The highest BCUT2D eigenvalue weighted by Crippen LogP contribution is 2.46. The number of aliphatic hydroxyl groups excluding tert-OH is 1. The van der Waals surface area contributed by atoms with Crippen molar-refractivity contribution in [2.75, 3.05) is 25.2 Å². The highest BCUT2D eigenvalue weighted by molar-refractivity contribution is 6.52. The number of carbonyl (C=O) groups excluding carboxylic acids is 2. The Bertz CT molecular complexity index is 1430. The molecule has 0 aliphatic carbocycles. The Hall–Kier alpha value is -4.17. The number of aryl methyl sites for hydroxylation is 1. The van der Waals surface area contributed by atoms with E-state index in [2.05, 4.69) is 0 Å². The molecule has 1 saturated heterocycles. The van der Waals surface area contributed by atoms with E-state index in [1.54, 1.807) is 50.2 Å². The summed E-state index contributed by atoms with van der Waals surface area (Å²) in [5, 5.41) is 22.5. The molecule has 1 heterocycles. The zero-order valence-electron chi connectivity index (χ0n) is 21.4. The summed E-state index contributed by atoms with van der Waals surface area (Å²) in [4.78, 5) is 28.2. The lowest BCUT2D eigenvalue weighted by atomic mass is 9.94. The van der Waals surface area contributed by atoms with Gasteiger partial charge >= 0.3 is 0 Å². The molecule has 0 radical (unpaired) electrons. The number of phenols is 1. The molecule has 2 N–H and O–H groups in total. The summed E-state index contributed by atoms with van der Waals surface area (Å²) in [7, 11) is 1.50. The number of amides is 1. The van der Waals surface area contributed by atoms with Gasteiger partial charge in [-0.3, -0.25) is 14.5 Å². The van der Waals surface area contributed by atoms with E-state index in [0.717, 1.165) is 5.56 Å². The van der Waals surface area contributed by atoms with Gasteiger partial charge in [-0.2, -0.15) is 0 Å². The maximum atomic E-state index is 13.5. The zero-order chi connectivity index (χ0) is 27.6. The molecular weight excluding hydrogens is 510 g/mol. The van der Waals surface area contributed by atoms with Crippen LogP contribution in [0.2, 0.25) is 5.02 Å². The highest BCUT2D eigenvalue weighted by Gasteiger charge is 2.48. The molecule has 0 aromatic heterocycles.